The average molecular weight is 381 g/mol. The highest BCUT2D eigenvalue weighted by atomic mass is 19.4. The summed E-state index contributed by atoms with van der Waals surface area (Å²) in [6.45, 7) is 2.50. The molecule has 2 aliphatic rings. The van der Waals surface area contributed by atoms with E-state index in [9.17, 15) is 13.2 Å². The number of ether oxygens (including phenoxy) is 1. The van der Waals surface area contributed by atoms with Crippen LogP contribution in [0.25, 0.3) is 11.3 Å². The Kier molecular flexibility index (Phi) is 4.59. The summed E-state index contributed by atoms with van der Waals surface area (Å²) < 4.78 is 46.9. The molecule has 1 aromatic heterocycles. The maximum atomic E-state index is 13.0. The lowest BCUT2D eigenvalue weighted by atomic mass is 9.83. The van der Waals surface area contributed by atoms with Gasteiger partial charge in [0.1, 0.15) is 5.69 Å². The number of anilines is 1. The van der Waals surface area contributed by atoms with E-state index < -0.39 is 11.7 Å². The predicted octanol–water partition coefficient (Wildman–Crippen LogP) is 3.02. The molecule has 1 unspecified atom stereocenters. The Balaban J connectivity index is 1.59. The number of nitrogens with zero attached hydrogens (tertiary/aromatic N) is 3. The van der Waals surface area contributed by atoms with Gasteiger partial charge in [0, 0.05) is 17.9 Å². The fraction of sp³-hybridized carbons (Fsp3) is 0.556. The van der Waals surface area contributed by atoms with E-state index in [0.29, 0.717) is 12.3 Å². The van der Waals surface area contributed by atoms with E-state index in [1.54, 1.807) is 10.9 Å². The van der Waals surface area contributed by atoms with Gasteiger partial charge in [-0.2, -0.15) is 13.2 Å². The highest BCUT2D eigenvalue weighted by Gasteiger charge is 2.39. The molecule has 9 heteroatoms. The second kappa shape index (κ2) is 6.79. The smallest absolute Gasteiger partial charge is 0.398 e. The van der Waals surface area contributed by atoms with Crippen LogP contribution in [-0.2, 0) is 10.9 Å². The van der Waals surface area contributed by atoms with Gasteiger partial charge >= 0.3 is 6.18 Å². The number of nitrogens with two attached hydrogens (primary N) is 1. The molecular weight excluding hydrogens is 359 g/mol. The third-order valence-electron chi connectivity index (χ3n) is 5.52. The first-order valence-corrected chi connectivity index (χ1v) is 9.10. The number of benzene rings is 1. The van der Waals surface area contributed by atoms with E-state index in [1.807, 2.05) is 0 Å². The Labute approximate surface area is 154 Å². The van der Waals surface area contributed by atoms with E-state index in [0.717, 1.165) is 50.9 Å². The lowest BCUT2D eigenvalue weighted by Gasteiger charge is -2.43. The van der Waals surface area contributed by atoms with E-state index >= 15 is 0 Å². The summed E-state index contributed by atoms with van der Waals surface area (Å²) in [7, 11) is 0. The molecule has 3 N–H and O–H groups in total. The normalized spacial score (nSPS) is 22.9. The zero-order valence-corrected chi connectivity index (χ0v) is 14.8. The zero-order valence-electron chi connectivity index (χ0n) is 14.8. The lowest BCUT2D eigenvalue weighted by Crippen LogP contribution is -2.48. The molecule has 1 aromatic carbocycles. The van der Waals surface area contributed by atoms with Gasteiger partial charge in [0.15, 0.2) is 0 Å². The van der Waals surface area contributed by atoms with Gasteiger partial charge in [-0.1, -0.05) is 5.21 Å². The van der Waals surface area contributed by atoms with Crippen LogP contribution >= 0.6 is 0 Å². The Morgan fingerprint density at radius 2 is 2.04 bits per heavy atom. The molecule has 0 aliphatic carbocycles. The molecule has 4 rings (SSSR count). The predicted molar refractivity (Wildman–Crippen MR) is 93.9 cm³/mol. The topological polar surface area (TPSA) is 78.0 Å². The number of rotatable bonds is 2. The number of nitrogen functional groups attached to an aromatic ring is 1. The van der Waals surface area contributed by atoms with Crippen molar-refractivity contribution < 1.29 is 17.9 Å². The second-order valence-electron chi connectivity index (χ2n) is 7.31. The molecule has 2 fully saturated rings. The van der Waals surface area contributed by atoms with Crippen LogP contribution in [0.1, 0.15) is 37.3 Å². The van der Waals surface area contributed by atoms with Crippen LogP contribution in [0.15, 0.2) is 24.4 Å². The minimum Gasteiger partial charge on any atom is -0.398 e. The van der Waals surface area contributed by atoms with Crippen LogP contribution in [-0.4, -0.2) is 40.3 Å². The summed E-state index contributed by atoms with van der Waals surface area (Å²) in [5, 5.41) is 11.6. The van der Waals surface area contributed by atoms with Gasteiger partial charge in [-0.25, -0.2) is 4.68 Å². The van der Waals surface area contributed by atoms with Gasteiger partial charge in [-0.15, -0.1) is 5.10 Å². The van der Waals surface area contributed by atoms with Crippen molar-refractivity contribution >= 4 is 5.69 Å². The fourth-order valence-corrected chi connectivity index (χ4v) is 3.99. The van der Waals surface area contributed by atoms with E-state index in [2.05, 4.69) is 15.6 Å². The van der Waals surface area contributed by atoms with E-state index in [1.165, 1.54) is 6.07 Å². The third kappa shape index (κ3) is 3.66. The minimum atomic E-state index is -4.43. The Bertz CT molecular complexity index is 808. The zero-order chi connectivity index (χ0) is 19.1. The summed E-state index contributed by atoms with van der Waals surface area (Å²) in [6, 6.07) is 3.38. The molecule has 1 spiro atoms. The number of halogens is 3. The van der Waals surface area contributed by atoms with Crippen molar-refractivity contribution in [2.45, 2.75) is 43.5 Å². The number of piperidine rings is 1. The molecule has 6 nitrogen and oxygen atoms in total. The summed E-state index contributed by atoms with van der Waals surface area (Å²) in [4.78, 5) is 0. The first-order chi connectivity index (χ1) is 12.9. The van der Waals surface area contributed by atoms with Gasteiger partial charge in [0.2, 0.25) is 0 Å². The minimum absolute atomic E-state index is 0.116. The molecule has 0 radical (unpaired) electrons. The van der Waals surface area contributed by atoms with Crippen LogP contribution in [0, 0.1) is 0 Å². The summed E-state index contributed by atoms with van der Waals surface area (Å²) in [5.74, 6) is 0. The highest BCUT2D eigenvalue weighted by Crippen LogP contribution is 2.39. The molecule has 0 saturated carbocycles. The van der Waals surface area contributed by atoms with Gasteiger partial charge in [0.05, 0.1) is 23.4 Å². The third-order valence-corrected chi connectivity index (χ3v) is 5.52. The van der Waals surface area contributed by atoms with Crippen LogP contribution < -0.4 is 11.1 Å². The lowest BCUT2D eigenvalue weighted by molar-refractivity contribution is -0.137. The van der Waals surface area contributed by atoms with Crippen molar-refractivity contribution in [1.29, 1.82) is 0 Å². The monoisotopic (exact) mass is 381 g/mol. The molecular formula is C18H22F3N5O. The Hall–Kier alpha value is -2.13. The highest BCUT2D eigenvalue weighted by molar-refractivity contribution is 5.74. The summed E-state index contributed by atoms with van der Waals surface area (Å²) in [6.07, 6.45) is 0.792. The molecule has 2 aliphatic heterocycles. The molecule has 2 aromatic rings. The van der Waals surface area contributed by atoms with Crippen LogP contribution in [0.5, 0.6) is 0 Å². The number of alkyl halides is 3. The van der Waals surface area contributed by atoms with Crippen LogP contribution in [0.4, 0.5) is 18.9 Å². The maximum Gasteiger partial charge on any atom is 0.416 e. The molecule has 0 bridgehead atoms. The van der Waals surface area contributed by atoms with Crippen molar-refractivity contribution in [3.63, 3.8) is 0 Å². The summed E-state index contributed by atoms with van der Waals surface area (Å²) >= 11 is 0. The average Bonchev–Trinajstić information content (AvgIpc) is 3.12. The van der Waals surface area contributed by atoms with Crippen molar-refractivity contribution in [2.75, 3.05) is 25.4 Å². The van der Waals surface area contributed by atoms with Crippen molar-refractivity contribution in [3.05, 3.63) is 30.0 Å². The first kappa shape index (κ1) is 18.2. The van der Waals surface area contributed by atoms with E-state index in [4.69, 9.17) is 10.5 Å². The Morgan fingerprint density at radius 3 is 2.78 bits per heavy atom. The molecule has 1 atom stereocenters. The second-order valence-corrected chi connectivity index (χ2v) is 7.31. The quantitative estimate of drug-likeness (QED) is 0.782. The largest absolute Gasteiger partial charge is 0.416 e. The van der Waals surface area contributed by atoms with Gasteiger partial charge in [-0.05, 0) is 57.0 Å². The molecule has 3 heterocycles. The van der Waals surface area contributed by atoms with Gasteiger partial charge < -0.3 is 15.8 Å². The Morgan fingerprint density at radius 1 is 1.26 bits per heavy atom. The maximum absolute atomic E-state index is 13.0. The van der Waals surface area contributed by atoms with Crippen molar-refractivity contribution in [1.82, 2.24) is 20.3 Å². The summed E-state index contributed by atoms with van der Waals surface area (Å²) in [5.41, 5.74) is 5.85. The number of hydrogen-bond acceptors (Lipinski definition) is 5. The fourth-order valence-electron chi connectivity index (χ4n) is 3.99. The van der Waals surface area contributed by atoms with Crippen LogP contribution in [0.3, 0.4) is 0 Å². The van der Waals surface area contributed by atoms with Crippen LogP contribution in [0.2, 0.25) is 0 Å². The number of aromatic nitrogens is 3. The number of nitrogens with one attached hydrogen (secondary N) is 1. The van der Waals surface area contributed by atoms with Crippen molar-refractivity contribution in [3.8, 4) is 11.3 Å². The van der Waals surface area contributed by atoms with E-state index in [-0.39, 0.29) is 22.9 Å². The first-order valence-electron chi connectivity index (χ1n) is 9.10. The molecule has 27 heavy (non-hydrogen) atoms. The van der Waals surface area contributed by atoms with Gasteiger partial charge in [-0.3, -0.25) is 0 Å². The molecule has 0 amide bonds. The molecule has 146 valence electrons. The standard InChI is InChI=1S/C18H22F3N5O/c19-18(20,21)12-1-2-15(22)14(9-12)16-11-26(25-24-16)13-3-8-27-17(10-13)4-6-23-7-5-17/h1-2,9,11,13,23H,3-8,10,22H2. The van der Waals surface area contributed by atoms with Crippen molar-refractivity contribution in [2.24, 2.45) is 0 Å². The number of hydrogen-bond donors (Lipinski definition) is 2. The van der Waals surface area contributed by atoms with Gasteiger partial charge in [0.25, 0.3) is 0 Å². The SMILES string of the molecule is Nc1ccc(C(F)(F)F)cc1-c1cn(C2CCOC3(CCNCC3)C2)nn1. The molecule has 2 saturated heterocycles.